The van der Waals surface area contributed by atoms with Crippen LogP contribution in [-0.4, -0.2) is 58.2 Å². The summed E-state index contributed by atoms with van der Waals surface area (Å²) < 4.78 is 37.6. The molecule has 114 valence electrons. The van der Waals surface area contributed by atoms with E-state index in [9.17, 15) is 12.6 Å². The molecule has 0 aromatic carbocycles. The molecule has 1 N–H and O–H groups in total. The molecule has 1 aromatic heterocycles. The van der Waals surface area contributed by atoms with Crippen LogP contribution >= 0.6 is 0 Å². The van der Waals surface area contributed by atoms with Crippen molar-refractivity contribution in [2.45, 2.75) is 11.3 Å². The number of nitrogens with zero attached hydrogens (tertiary/aromatic N) is 2. The number of aliphatic hydroxyl groups is 1. The van der Waals surface area contributed by atoms with Gasteiger partial charge in [-0.05, 0) is 6.07 Å². The third kappa shape index (κ3) is 4.11. The summed E-state index contributed by atoms with van der Waals surface area (Å²) in [6, 6.07) is 1.47. The molecule has 2 heterocycles. The molecule has 1 saturated heterocycles. The van der Waals surface area contributed by atoms with E-state index in [2.05, 4.69) is 16.8 Å². The quantitative estimate of drug-likeness (QED) is 0.761. The van der Waals surface area contributed by atoms with Crippen LogP contribution in [0.15, 0.2) is 23.4 Å². The minimum atomic E-state index is -3.62. The van der Waals surface area contributed by atoms with E-state index in [0.29, 0.717) is 23.5 Å². The second-order valence-electron chi connectivity index (χ2n) is 4.44. The lowest BCUT2D eigenvalue weighted by atomic mass is 10.3. The Hall–Kier alpha value is -1.27. The summed E-state index contributed by atoms with van der Waals surface area (Å²) in [7, 11) is -4.55. The normalized spacial score (nSPS) is 17.2. The number of hydrogen-bond acceptors (Lipinski definition) is 5. The second kappa shape index (κ2) is 7.13. The number of sulfonamides is 1. The first kappa shape index (κ1) is 16.1. The maximum absolute atomic E-state index is 12.5. The molecule has 0 aliphatic carbocycles. The first-order valence-corrected chi connectivity index (χ1v) is 9.37. The van der Waals surface area contributed by atoms with Gasteiger partial charge in [-0.15, -0.1) is 0 Å². The number of rotatable bonds is 3. The Labute approximate surface area is 126 Å². The van der Waals surface area contributed by atoms with E-state index in [1.165, 1.54) is 22.8 Å². The van der Waals surface area contributed by atoms with E-state index in [4.69, 9.17) is 5.11 Å². The lowest BCUT2D eigenvalue weighted by Gasteiger charge is -2.25. The Morgan fingerprint density at radius 1 is 1.33 bits per heavy atom. The molecule has 0 bridgehead atoms. The molecule has 0 radical (unpaired) electrons. The summed E-state index contributed by atoms with van der Waals surface area (Å²) in [5.74, 6) is 6.22. The highest BCUT2D eigenvalue weighted by molar-refractivity contribution is 7.89. The third-order valence-electron chi connectivity index (χ3n) is 2.96. The minimum Gasteiger partial charge on any atom is -0.395 e. The topological polar surface area (TPSA) is 87.6 Å². The van der Waals surface area contributed by atoms with Crippen molar-refractivity contribution in [1.29, 1.82) is 0 Å². The zero-order valence-electron chi connectivity index (χ0n) is 11.4. The van der Waals surface area contributed by atoms with Crippen LogP contribution in [0, 0.1) is 11.8 Å². The molecule has 6 nitrogen and oxygen atoms in total. The predicted molar refractivity (Wildman–Crippen MR) is 79.5 cm³/mol. The Balaban J connectivity index is 2.22. The van der Waals surface area contributed by atoms with Crippen LogP contribution in [0.4, 0.5) is 0 Å². The standard InChI is InChI=1S/C13H16N2O4S2/c16-6-2-1-3-12-9-13(11-14-10-12)21(18,19)15-4-7-20(17)8-5-15/h9-11,16H,2,4-8H2. The molecule has 0 atom stereocenters. The monoisotopic (exact) mass is 328 g/mol. The van der Waals surface area contributed by atoms with Crippen molar-refractivity contribution in [3.8, 4) is 11.8 Å². The van der Waals surface area contributed by atoms with Gasteiger partial charge in [0.2, 0.25) is 10.0 Å². The van der Waals surface area contributed by atoms with Gasteiger partial charge in [0, 0.05) is 59.8 Å². The van der Waals surface area contributed by atoms with E-state index < -0.39 is 20.8 Å². The zero-order chi connectivity index (χ0) is 15.3. The van der Waals surface area contributed by atoms with Crippen LogP contribution in [0.2, 0.25) is 0 Å². The molecule has 0 spiro atoms. The van der Waals surface area contributed by atoms with Gasteiger partial charge in [-0.1, -0.05) is 11.8 Å². The highest BCUT2D eigenvalue weighted by Crippen LogP contribution is 2.17. The van der Waals surface area contributed by atoms with E-state index in [-0.39, 0.29) is 24.6 Å². The van der Waals surface area contributed by atoms with Crippen molar-refractivity contribution < 1.29 is 17.7 Å². The zero-order valence-corrected chi connectivity index (χ0v) is 13.0. The summed E-state index contributed by atoms with van der Waals surface area (Å²) in [6.45, 7) is 0.480. The van der Waals surface area contributed by atoms with Crippen molar-refractivity contribution in [2.75, 3.05) is 31.2 Å². The molecule has 21 heavy (non-hydrogen) atoms. The number of hydrogen-bond donors (Lipinski definition) is 1. The highest BCUT2D eigenvalue weighted by atomic mass is 32.2. The molecule has 8 heteroatoms. The average molecular weight is 328 g/mol. The average Bonchev–Trinajstić information content (AvgIpc) is 2.48. The summed E-state index contributed by atoms with van der Waals surface area (Å²) >= 11 is 0. The summed E-state index contributed by atoms with van der Waals surface area (Å²) in [4.78, 5) is 4.00. The van der Waals surface area contributed by atoms with Crippen LogP contribution in [0.1, 0.15) is 12.0 Å². The van der Waals surface area contributed by atoms with E-state index in [1.54, 1.807) is 0 Å². The van der Waals surface area contributed by atoms with Crippen molar-refractivity contribution in [3.05, 3.63) is 24.0 Å². The Kier molecular flexibility index (Phi) is 5.47. The number of pyridine rings is 1. The van der Waals surface area contributed by atoms with E-state index in [1.807, 2.05) is 0 Å². The van der Waals surface area contributed by atoms with E-state index >= 15 is 0 Å². The van der Waals surface area contributed by atoms with Crippen LogP contribution in [-0.2, 0) is 20.8 Å². The van der Waals surface area contributed by atoms with Gasteiger partial charge in [-0.2, -0.15) is 4.31 Å². The van der Waals surface area contributed by atoms with Gasteiger partial charge < -0.3 is 5.11 Å². The molecule has 2 rings (SSSR count). The van der Waals surface area contributed by atoms with Gasteiger partial charge in [-0.3, -0.25) is 9.19 Å². The fourth-order valence-electron chi connectivity index (χ4n) is 1.86. The van der Waals surface area contributed by atoms with Crippen LogP contribution in [0.5, 0.6) is 0 Å². The Morgan fingerprint density at radius 3 is 2.71 bits per heavy atom. The summed E-state index contributed by atoms with van der Waals surface area (Å²) in [5.41, 5.74) is 0.491. The third-order valence-corrected chi connectivity index (χ3v) is 6.10. The molecule has 1 fully saturated rings. The van der Waals surface area contributed by atoms with Crippen molar-refractivity contribution in [3.63, 3.8) is 0 Å². The van der Waals surface area contributed by atoms with Gasteiger partial charge >= 0.3 is 0 Å². The molecule has 1 aliphatic heterocycles. The fourth-order valence-corrected chi connectivity index (χ4v) is 4.57. The van der Waals surface area contributed by atoms with E-state index in [0.717, 1.165) is 0 Å². The smallest absolute Gasteiger partial charge is 0.244 e. The lowest BCUT2D eigenvalue weighted by molar-refractivity contribution is 0.305. The van der Waals surface area contributed by atoms with Crippen molar-refractivity contribution >= 4 is 20.8 Å². The first-order valence-electron chi connectivity index (χ1n) is 6.44. The molecule has 1 aromatic rings. The maximum atomic E-state index is 12.5. The van der Waals surface area contributed by atoms with Gasteiger partial charge in [-0.25, -0.2) is 8.42 Å². The predicted octanol–water partition coefficient (Wildman–Crippen LogP) is -0.431. The molecule has 0 unspecified atom stereocenters. The van der Waals surface area contributed by atoms with Gasteiger partial charge in [0.05, 0.1) is 6.61 Å². The Bertz CT molecular complexity index is 682. The maximum Gasteiger partial charge on any atom is 0.244 e. The fraction of sp³-hybridized carbons (Fsp3) is 0.462. The van der Waals surface area contributed by atoms with Crippen LogP contribution in [0.25, 0.3) is 0 Å². The van der Waals surface area contributed by atoms with Crippen LogP contribution < -0.4 is 0 Å². The highest BCUT2D eigenvalue weighted by Gasteiger charge is 2.28. The molecule has 0 saturated carbocycles. The number of aromatic nitrogens is 1. The summed E-state index contributed by atoms with van der Waals surface area (Å²) in [6.07, 6.45) is 3.10. The van der Waals surface area contributed by atoms with Crippen LogP contribution in [0.3, 0.4) is 0 Å². The molecule has 0 amide bonds. The van der Waals surface area contributed by atoms with Gasteiger partial charge in [0.1, 0.15) is 4.90 Å². The second-order valence-corrected chi connectivity index (χ2v) is 8.07. The SMILES string of the molecule is O=S1CCN(S(=O)(=O)c2cncc(C#CCCO)c2)CC1. The lowest BCUT2D eigenvalue weighted by Crippen LogP contribution is -2.41. The summed E-state index contributed by atoms with van der Waals surface area (Å²) in [5, 5.41) is 8.67. The minimum absolute atomic E-state index is 0.0384. The molecular formula is C13H16N2O4S2. The van der Waals surface area contributed by atoms with Gasteiger partial charge in [0.15, 0.2) is 0 Å². The van der Waals surface area contributed by atoms with Crippen molar-refractivity contribution in [2.24, 2.45) is 0 Å². The largest absolute Gasteiger partial charge is 0.395 e. The Morgan fingerprint density at radius 2 is 2.05 bits per heavy atom. The molecule has 1 aliphatic rings. The molecular weight excluding hydrogens is 312 g/mol. The van der Waals surface area contributed by atoms with Gasteiger partial charge in [0.25, 0.3) is 0 Å². The van der Waals surface area contributed by atoms with Crippen molar-refractivity contribution in [1.82, 2.24) is 9.29 Å². The first-order chi connectivity index (χ1) is 10.0. The number of aliphatic hydroxyl groups excluding tert-OH is 1.